The molecule has 2 atom stereocenters. The molecule has 2 nitrogen and oxygen atoms in total. The number of hydrogen-bond acceptors (Lipinski definition) is 2. The molecule has 5 heteroatoms. The van der Waals surface area contributed by atoms with Crippen LogP contribution in [0.2, 0.25) is 0 Å². The minimum Gasteiger partial charge on any atom is -0.406 e. The van der Waals surface area contributed by atoms with E-state index in [0.29, 0.717) is 5.92 Å². The Labute approximate surface area is 103 Å². The van der Waals surface area contributed by atoms with Crippen LogP contribution in [0.15, 0.2) is 24.3 Å². The van der Waals surface area contributed by atoms with Crippen molar-refractivity contribution in [3.63, 3.8) is 0 Å². The first-order chi connectivity index (χ1) is 8.42. The molecule has 2 rings (SSSR count). The molecular weight excluding hydrogens is 245 g/mol. The fraction of sp³-hybridized carbons (Fsp3) is 0.538. The Kier molecular flexibility index (Phi) is 3.80. The van der Waals surface area contributed by atoms with Gasteiger partial charge in [0.1, 0.15) is 5.75 Å². The molecule has 0 spiro atoms. The number of benzene rings is 1. The van der Waals surface area contributed by atoms with Crippen molar-refractivity contribution in [2.45, 2.75) is 38.1 Å². The lowest BCUT2D eigenvalue weighted by atomic mass is 9.98. The summed E-state index contributed by atoms with van der Waals surface area (Å²) in [6.45, 7) is 0. The molecule has 0 saturated heterocycles. The highest BCUT2D eigenvalue weighted by Crippen LogP contribution is 2.29. The van der Waals surface area contributed by atoms with Crippen LogP contribution in [-0.2, 0) is 6.42 Å². The molecule has 1 aromatic rings. The highest BCUT2D eigenvalue weighted by atomic mass is 19.4. The summed E-state index contributed by atoms with van der Waals surface area (Å²) in [6, 6.07) is 5.94. The normalized spacial score (nSPS) is 24.2. The summed E-state index contributed by atoms with van der Waals surface area (Å²) >= 11 is 0. The highest BCUT2D eigenvalue weighted by molar-refractivity contribution is 5.27. The van der Waals surface area contributed by atoms with Crippen LogP contribution in [0.1, 0.15) is 24.8 Å². The zero-order chi connectivity index (χ0) is 13.2. The molecule has 0 bridgehead atoms. The van der Waals surface area contributed by atoms with Gasteiger partial charge in [0, 0.05) is 0 Å². The maximum Gasteiger partial charge on any atom is 0.573 e. The van der Waals surface area contributed by atoms with E-state index >= 15 is 0 Å². The SMILES string of the molecule is OC1CCC(Cc2ccc(OC(F)(F)F)cc2)C1. The molecule has 1 aliphatic rings. The van der Waals surface area contributed by atoms with Crippen molar-refractivity contribution in [3.05, 3.63) is 29.8 Å². The molecule has 2 unspecified atom stereocenters. The second-order valence-corrected chi connectivity index (χ2v) is 4.73. The van der Waals surface area contributed by atoms with Crippen molar-refractivity contribution in [2.75, 3.05) is 0 Å². The number of rotatable bonds is 3. The number of ether oxygens (including phenoxy) is 1. The van der Waals surface area contributed by atoms with Crippen molar-refractivity contribution >= 4 is 0 Å². The number of hydrogen-bond donors (Lipinski definition) is 1. The van der Waals surface area contributed by atoms with Crippen molar-refractivity contribution in [3.8, 4) is 5.75 Å². The Morgan fingerprint density at radius 1 is 1.17 bits per heavy atom. The Balaban J connectivity index is 1.91. The van der Waals surface area contributed by atoms with Gasteiger partial charge in [0.15, 0.2) is 0 Å². The third kappa shape index (κ3) is 3.91. The molecule has 1 N–H and O–H groups in total. The number of halogens is 3. The molecule has 0 radical (unpaired) electrons. The summed E-state index contributed by atoms with van der Waals surface area (Å²) in [4.78, 5) is 0. The summed E-state index contributed by atoms with van der Waals surface area (Å²) in [7, 11) is 0. The van der Waals surface area contributed by atoms with E-state index in [1.165, 1.54) is 12.1 Å². The van der Waals surface area contributed by atoms with Gasteiger partial charge in [-0.2, -0.15) is 0 Å². The summed E-state index contributed by atoms with van der Waals surface area (Å²) in [5.74, 6) is 0.229. The summed E-state index contributed by atoms with van der Waals surface area (Å²) < 4.78 is 39.7. The van der Waals surface area contributed by atoms with Crippen LogP contribution in [0.3, 0.4) is 0 Å². The lowest BCUT2D eigenvalue weighted by Gasteiger charge is -2.11. The van der Waals surface area contributed by atoms with Crippen molar-refractivity contribution in [2.24, 2.45) is 5.92 Å². The predicted molar refractivity (Wildman–Crippen MR) is 60.2 cm³/mol. The number of alkyl halides is 3. The molecule has 0 amide bonds. The van der Waals surface area contributed by atoms with E-state index in [4.69, 9.17) is 0 Å². The standard InChI is InChI=1S/C13H15F3O2/c14-13(15,16)18-12-5-2-9(3-6-12)7-10-1-4-11(17)8-10/h2-3,5-6,10-11,17H,1,4,7-8H2. The van der Waals surface area contributed by atoms with Crippen LogP contribution in [-0.4, -0.2) is 17.6 Å². The minimum atomic E-state index is -4.64. The summed E-state index contributed by atoms with van der Waals surface area (Å²) in [6.07, 6.45) is -1.49. The zero-order valence-corrected chi connectivity index (χ0v) is 9.78. The molecule has 1 saturated carbocycles. The highest BCUT2D eigenvalue weighted by Gasteiger charge is 2.31. The average Bonchev–Trinajstić information content (AvgIpc) is 2.65. The molecule has 18 heavy (non-hydrogen) atoms. The molecule has 0 aromatic heterocycles. The molecule has 0 heterocycles. The lowest BCUT2D eigenvalue weighted by Crippen LogP contribution is -2.17. The maximum absolute atomic E-state index is 12.0. The van der Waals surface area contributed by atoms with E-state index in [-0.39, 0.29) is 11.9 Å². The quantitative estimate of drug-likeness (QED) is 0.903. The fourth-order valence-electron chi connectivity index (χ4n) is 2.39. The summed E-state index contributed by atoms with van der Waals surface area (Å²) in [5, 5.41) is 9.40. The Morgan fingerprint density at radius 2 is 1.83 bits per heavy atom. The molecule has 100 valence electrons. The topological polar surface area (TPSA) is 29.5 Å². The Hall–Kier alpha value is -1.23. The molecule has 1 aliphatic carbocycles. The van der Waals surface area contributed by atoms with Crippen LogP contribution < -0.4 is 4.74 Å². The van der Waals surface area contributed by atoms with Gasteiger partial charge in [-0.15, -0.1) is 13.2 Å². The summed E-state index contributed by atoms with van der Waals surface area (Å²) in [5.41, 5.74) is 0.976. The molecular formula is C13H15F3O2. The Morgan fingerprint density at radius 3 is 2.33 bits per heavy atom. The van der Waals surface area contributed by atoms with Gasteiger partial charge >= 0.3 is 6.36 Å². The van der Waals surface area contributed by atoms with Crippen LogP contribution in [0.5, 0.6) is 5.75 Å². The number of aliphatic hydroxyl groups excluding tert-OH is 1. The number of aliphatic hydroxyl groups is 1. The molecule has 0 aliphatic heterocycles. The first-order valence-corrected chi connectivity index (χ1v) is 5.95. The third-order valence-corrected chi connectivity index (χ3v) is 3.19. The van der Waals surface area contributed by atoms with Crippen molar-refractivity contribution in [1.82, 2.24) is 0 Å². The largest absolute Gasteiger partial charge is 0.573 e. The zero-order valence-electron chi connectivity index (χ0n) is 9.78. The average molecular weight is 260 g/mol. The second-order valence-electron chi connectivity index (χ2n) is 4.73. The molecule has 1 fully saturated rings. The van der Waals surface area contributed by atoms with Crippen LogP contribution in [0.25, 0.3) is 0 Å². The van der Waals surface area contributed by atoms with E-state index < -0.39 is 6.36 Å². The van der Waals surface area contributed by atoms with Gasteiger partial charge in [-0.1, -0.05) is 12.1 Å². The van der Waals surface area contributed by atoms with Gasteiger partial charge < -0.3 is 9.84 Å². The van der Waals surface area contributed by atoms with E-state index in [2.05, 4.69) is 4.74 Å². The lowest BCUT2D eigenvalue weighted by molar-refractivity contribution is -0.274. The van der Waals surface area contributed by atoms with Crippen LogP contribution in [0.4, 0.5) is 13.2 Å². The van der Waals surface area contributed by atoms with E-state index in [1.54, 1.807) is 12.1 Å². The Bertz CT molecular complexity index is 386. The fourth-order valence-corrected chi connectivity index (χ4v) is 2.39. The first kappa shape index (κ1) is 13.2. The van der Waals surface area contributed by atoms with Gasteiger partial charge in [-0.05, 0) is 49.3 Å². The smallest absolute Gasteiger partial charge is 0.406 e. The minimum absolute atomic E-state index is 0.197. The van der Waals surface area contributed by atoms with Gasteiger partial charge in [0.25, 0.3) is 0 Å². The van der Waals surface area contributed by atoms with Gasteiger partial charge in [0.05, 0.1) is 6.10 Å². The van der Waals surface area contributed by atoms with Gasteiger partial charge in [0.2, 0.25) is 0 Å². The predicted octanol–water partition coefficient (Wildman–Crippen LogP) is 3.29. The van der Waals surface area contributed by atoms with E-state index in [9.17, 15) is 18.3 Å². The van der Waals surface area contributed by atoms with Gasteiger partial charge in [-0.25, -0.2) is 0 Å². The van der Waals surface area contributed by atoms with Crippen molar-refractivity contribution in [1.29, 1.82) is 0 Å². The van der Waals surface area contributed by atoms with Crippen LogP contribution in [0, 0.1) is 5.92 Å². The maximum atomic E-state index is 12.0. The van der Waals surface area contributed by atoms with Gasteiger partial charge in [-0.3, -0.25) is 0 Å². The second kappa shape index (κ2) is 5.18. The third-order valence-electron chi connectivity index (χ3n) is 3.19. The monoisotopic (exact) mass is 260 g/mol. The van der Waals surface area contributed by atoms with Crippen LogP contribution >= 0.6 is 0 Å². The van der Waals surface area contributed by atoms with E-state index in [0.717, 1.165) is 31.2 Å². The first-order valence-electron chi connectivity index (χ1n) is 5.95. The van der Waals surface area contributed by atoms with E-state index in [1.807, 2.05) is 0 Å². The molecule has 1 aromatic carbocycles. The van der Waals surface area contributed by atoms with Crippen molar-refractivity contribution < 1.29 is 23.0 Å².